The molecule has 98 valence electrons. The largest absolute Gasteiger partial charge is 0.480 e. The van der Waals surface area contributed by atoms with Crippen LogP contribution in [0.4, 0.5) is 0 Å². The Labute approximate surface area is 103 Å². The zero-order chi connectivity index (χ0) is 13.4. The van der Waals surface area contributed by atoms with E-state index in [0.717, 1.165) is 0 Å². The molecule has 0 aliphatic rings. The second kappa shape index (κ2) is 7.87. The van der Waals surface area contributed by atoms with Gasteiger partial charge >= 0.3 is 5.97 Å². The number of aliphatic carboxylic acids is 1. The molecule has 0 spiro atoms. The Bertz CT molecular complexity index is 299. The fourth-order valence-electron chi connectivity index (χ4n) is 0.842. The number of aliphatic hydroxyl groups excluding tert-OH is 1. The summed E-state index contributed by atoms with van der Waals surface area (Å²) in [5.41, 5.74) is 5.23. The second-order valence-electron chi connectivity index (χ2n) is 3.14. The predicted octanol–water partition coefficient (Wildman–Crippen LogP) is -3.08. The summed E-state index contributed by atoms with van der Waals surface area (Å²) in [6.45, 7) is -1.10. The minimum Gasteiger partial charge on any atom is -0.480 e. The van der Waals surface area contributed by atoms with E-state index in [2.05, 4.69) is 23.3 Å². The molecule has 0 radical (unpaired) electrons. The number of carboxylic acid groups (broad SMARTS) is 1. The van der Waals surface area contributed by atoms with Crippen LogP contribution in [0.2, 0.25) is 0 Å². The van der Waals surface area contributed by atoms with Crippen molar-refractivity contribution < 1.29 is 24.6 Å². The molecule has 2 amide bonds. The zero-order valence-corrected chi connectivity index (χ0v) is 9.81. The van der Waals surface area contributed by atoms with E-state index < -0.39 is 43.0 Å². The molecule has 6 N–H and O–H groups in total. The van der Waals surface area contributed by atoms with Gasteiger partial charge in [0.2, 0.25) is 11.8 Å². The standard InChI is InChI=1S/C8H15N3O5S/c9-4(2-12)7(15)11-5(3-17)8(16)10-1-6(13)14/h4-5,12,17H,1-3,9H2,(H,10,16)(H,11,15)(H,13,14). The van der Waals surface area contributed by atoms with Crippen LogP contribution < -0.4 is 16.4 Å². The second-order valence-corrected chi connectivity index (χ2v) is 3.51. The first-order valence-electron chi connectivity index (χ1n) is 4.69. The van der Waals surface area contributed by atoms with Gasteiger partial charge in [-0.25, -0.2) is 0 Å². The fraction of sp³-hybridized carbons (Fsp3) is 0.625. The van der Waals surface area contributed by atoms with Crippen molar-refractivity contribution >= 4 is 30.4 Å². The molecule has 0 rings (SSSR count). The molecule has 0 aromatic heterocycles. The molecule has 0 bridgehead atoms. The Morgan fingerprint density at radius 1 is 1.29 bits per heavy atom. The number of amides is 2. The van der Waals surface area contributed by atoms with Gasteiger partial charge in [0.15, 0.2) is 0 Å². The molecule has 0 aliphatic heterocycles. The summed E-state index contributed by atoms with van der Waals surface area (Å²) in [6, 6.07) is -2.13. The van der Waals surface area contributed by atoms with Gasteiger partial charge in [-0.05, 0) is 0 Å². The zero-order valence-electron chi connectivity index (χ0n) is 8.92. The van der Waals surface area contributed by atoms with Gasteiger partial charge in [0.25, 0.3) is 0 Å². The maximum absolute atomic E-state index is 11.4. The molecule has 0 heterocycles. The normalized spacial score (nSPS) is 13.6. The van der Waals surface area contributed by atoms with Crippen molar-refractivity contribution in [2.24, 2.45) is 5.73 Å². The first-order valence-corrected chi connectivity index (χ1v) is 5.32. The fourth-order valence-corrected chi connectivity index (χ4v) is 1.10. The van der Waals surface area contributed by atoms with Gasteiger partial charge in [-0.3, -0.25) is 14.4 Å². The van der Waals surface area contributed by atoms with E-state index in [9.17, 15) is 14.4 Å². The molecule has 0 aromatic rings. The highest BCUT2D eigenvalue weighted by molar-refractivity contribution is 7.80. The lowest BCUT2D eigenvalue weighted by Crippen LogP contribution is -2.53. The summed E-state index contributed by atoms with van der Waals surface area (Å²) in [5, 5.41) is 21.3. The van der Waals surface area contributed by atoms with Crippen molar-refractivity contribution in [2.45, 2.75) is 12.1 Å². The number of hydrogen-bond acceptors (Lipinski definition) is 6. The van der Waals surface area contributed by atoms with Gasteiger partial charge in [0.1, 0.15) is 18.6 Å². The van der Waals surface area contributed by atoms with Crippen LogP contribution in [0.1, 0.15) is 0 Å². The van der Waals surface area contributed by atoms with E-state index >= 15 is 0 Å². The van der Waals surface area contributed by atoms with Crippen LogP contribution in [0.15, 0.2) is 0 Å². The van der Waals surface area contributed by atoms with Gasteiger partial charge in [0.05, 0.1) is 6.61 Å². The summed E-state index contributed by atoms with van der Waals surface area (Å²) in [4.78, 5) is 32.9. The molecule has 0 saturated heterocycles. The smallest absolute Gasteiger partial charge is 0.322 e. The molecule has 0 aromatic carbocycles. The Hall–Kier alpha value is -1.32. The molecule has 0 fully saturated rings. The highest BCUT2D eigenvalue weighted by Gasteiger charge is 2.22. The summed E-state index contributed by atoms with van der Waals surface area (Å²) in [7, 11) is 0. The van der Waals surface area contributed by atoms with Crippen LogP contribution in [-0.2, 0) is 14.4 Å². The number of carbonyl (C=O) groups excluding carboxylic acids is 2. The summed E-state index contributed by atoms with van der Waals surface area (Å²) in [6.07, 6.45) is 0. The molecule has 0 aliphatic carbocycles. The summed E-state index contributed by atoms with van der Waals surface area (Å²) in [5.74, 6) is -2.61. The van der Waals surface area contributed by atoms with Crippen molar-refractivity contribution in [3.63, 3.8) is 0 Å². The highest BCUT2D eigenvalue weighted by atomic mass is 32.1. The van der Waals surface area contributed by atoms with E-state index in [0.29, 0.717) is 0 Å². The van der Waals surface area contributed by atoms with E-state index in [4.69, 9.17) is 15.9 Å². The maximum atomic E-state index is 11.4. The first kappa shape index (κ1) is 15.7. The minimum absolute atomic E-state index is 0.0185. The van der Waals surface area contributed by atoms with Crippen LogP contribution in [0.25, 0.3) is 0 Å². The Morgan fingerprint density at radius 2 is 1.88 bits per heavy atom. The third-order valence-electron chi connectivity index (χ3n) is 1.76. The third kappa shape index (κ3) is 6.09. The first-order chi connectivity index (χ1) is 7.92. The average molecular weight is 265 g/mol. The molecule has 2 unspecified atom stereocenters. The number of aliphatic hydroxyl groups is 1. The minimum atomic E-state index is -1.20. The topological polar surface area (TPSA) is 142 Å². The predicted molar refractivity (Wildman–Crippen MR) is 61.5 cm³/mol. The molecule has 17 heavy (non-hydrogen) atoms. The lowest BCUT2D eigenvalue weighted by molar-refractivity contribution is -0.138. The SMILES string of the molecule is NC(CO)C(=O)NC(CS)C(=O)NCC(=O)O. The van der Waals surface area contributed by atoms with E-state index in [-0.39, 0.29) is 5.75 Å². The maximum Gasteiger partial charge on any atom is 0.322 e. The number of hydrogen-bond donors (Lipinski definition) is 6. The number of carbonyl (C=O) groups is 3. The lowest BCUT2D eigenvalue weighted by atomic mass is 10.2. The van der Waals surface area contributed by atoms with Gasteiger partial charge in [-0.2, -0.15) is 12.6 Å². The van der Waals surface area contributed by atoms with E-state index in [1.54, 1.807) is 0 Å². The van der Waals surface area contributed by atoms with E-state index in [1.807, 2.05) is 0 Å². The van der Waals surface area contributed by atoms with Gasteiger partial charge in [0, 0.05) is 5.75 Å². The summed E-state index contributed by atoms with van der Waals surface area (Å²) >= 11 is 3.85. The lowest BCUT2D eigenvalue weighted by Gasteiger charge is -2.17. The molecule has 2 atom stereocenters. The van der Waals surface area contributed by atoms with Crippen molar-refractivity contribution in [3.05, 3.63) is 0 Å². The van der Waals surface area contributed by atoms with Crippen molar-refractivity contribution in [1.29, 1.82) is 0 Å². The monoisotopic (exact) mass is 265 g/mol. The van der Waals surface area contributed by atoms with Gasteiger partial charge < -0.3 is 26.6 Å². The van der Waals surface area contributed by atoms with Gasteiger partial charge in [-0.15, -0.1) is 0 Å². The van der Waals surface area contributed by atoms with Crippen LogP contribution >= 0.6 is 12.6 Å². The quantitative estimate of drug-likeness (QED) is 0.270. The van der Waals surface area contributed by atoms with Crippen LogP contribution in [0.5, 0.6) is 0 Å². The Balaban J connectivity index is 4.27. The van der Waals surface area contributed by atoms with Gasteiger partial charge in [-0.1, -0.05) is 0 Å². The molecule has 8 nitrogen and oxygen atoms in total. The number of nitrogens with one attached hydrogen (secondary N) is 2. The highest BCUT2D eigenvalue weighted by Crippen LogP contribution is 1.90. The van der Waals surface area contributed by atoms with Crippen molar-refractivity contribution in [1.82, 2.24) is 10.6 Å². The Morgan fingerprint density at radius 3 is 2.29 bits per heavy atom. The average Bonchev–Trinajstić information content (AvgIpc) is 2.31. The van der Waals surface area contributed by atoms with Crippen molar-refractivity contribution in [3.8, 4) is 0 Å². The van der Waals surface area contributed by atoms with Crippen LogP contribution in [0.3, 0.4) is 0 Å². The number of nitrogens with two attached hydrogens (primary N) is 1. The van der Waals surface area contributed by atoms with Crippen LogP contribution in [-0.4, -0.2) is 59.0 Å². The van der Waals surface area contributed by atoms with Crippen LogP contribution in [0, 0.1) is 0 Å². The Kier molecular flexibility index (Phi) is 7.26. The number of thiol groups is 1. The molecule has 0 saturated carbocycles. The number of rotatable bonds is 7. The molecular formula is C8H15N3O5S. The molecule has 9 heteroatoms. The van der Waals surface area contributed by atoms with E-state index in [1.165, 1.54) is 0 Å². The van der Waals surface area contributed by atoms with Crippen molar-refractivity contribution in [2.75, 3.05) is 18.9 Å². The number of carboxylic acids is 1. The molecular weight excluding hydrogens is 250 g/mol. The third-order valence-corrected chi connectivity index (χ3v) is 2.13. The summed E-state index contributed by atoms with van der Waals surface area (Å²) < 4.78 is 0.